The van der Waals surface area contributed by atoms with Crippen LogP contribution in [0.15, 0.2) is 18.2 Å². The molecule has 0 saturated carbocycles. The van der Waals surface area contributed by atoms with Crippen molar-refractivity contribution in [1.29, 1.82) is 0 Å². The van der Waals surface area contributed by atoms with E-state index in [9.17, 15) is 4.79 Å². The van der Waals surface area contributed by atoms with Gasteiger partial charge in [0.1, 0.15) is 5.82 Å². The maximum absolute atomic E-state index is 12.7. The average Bonchev–Trinajstić information content (AvgIpc) is 2.93. The van der Waals surface area contributed by atoms with E-state index < -0.39 is 0 Å². The third-order valence-corrected chi connectivity index (χ3v) is 5.59. The number of imidazole rings is 1. The summed E-state index contributed by atoms with van der Waals surface area (Å²) in [6.45, 7) is 12.7. The van der Waals surface area contributed by atoms with Crippen LogP contribution < -0.4 is 0 Å². The van der Waals surface area contributed by atoms with Crippen LogP contribution in [0.3, 0.4) is 0 Å². The topological polar surface area (TPSA) is 55.5 Å². The largest absolute Gasteiger partial charge is 0.342 e. The predicted octanol–water partition coefficient (Wildman–Crippen LogP) is 1.72. The molecule has 0 spiro atoms. The molecular weight excluding hydrogens is 314 g/mol. The molecule has 0 radical (unpaired) electrons. The van der Waals surface area contributed by atoms with Crippen molar-refractivity contribution in [2.45, 2.75) is 32.9 Å². The minimum Gasteiger partial charge on any atom is -0.342 e. The van der Waals surface area contributed by atoms with E-state index in [1.165, 1.54) is 0 Å². The predicted molar refractivity (Wildman–Crippen MR) is 98.8 cm³/mol. The SMILES string of the molecule is Cc1nc2ccc(C(=O)N3CC(N4CCN(C(C)C)CC4)C3)cc2[nH]1. The second-order valence-corrected chi connectivity index (χ2v) is 7.58. The number of carbonyl (C=O) groups is 1. The lowest BCUT2D eigenvalue weighted by molar-refractivity contribution is 0.00318. The lowest BCUT2D eigenvalue weighted by Gasteiger charge is -2.48. The molecule has 4 rings (SSSR count). The van der Waals surface area contributed by atoms with Crippen LogP contribution in [0, 0.1) is 6.92 Å². The van der Waals surface area contributed by atoms with Crippen molar-refractivity contribution >= 4 is 16.9 Å². The monoisotopic (exact) mass is 341 g/mol. The summed E-state index contributed by atoms with van der Waals surface area (Å²) in [6, 6.07) is 6.89. The maximum atomic E-state index is 12.7. The van der Waals surface area contributed by atoms with Crippen LogP contribution in [0.1, 0.15) is 30.0 Å². The number of likely N-dealkylation sites (tertiary alicyclic amines) is 1. The van der Waals surface area contributed by atoms with Gasteiger partial charge in [0.05, 0.1) is 11.0 Å². The van der Waals surface area contributed by atoms with Gasteiger partial charge in [0.2, 0.25) is 0 Å². The van der Waals surface area contributed by atoms with E-state index in [2.05, 4.69) is 33.6 Å². The van der Waals surface area contributed by atoms with Crippen molar-refractivity contribution in [1.82, 2.24) is 24.7 Å². The summed E-state index contributed by atoms with van der Waals surface area (Å²) in [4.78, 5) is 27.3. The third-order valence-electron chi connectivity index (χ3n) is 5.59. The Balaban J connectivity index is 1.34. The van der Waals surface area contributed by atoms with Gasteiger partial charge in [-0.05, 0) is 39.0 Å². The van der Waals surface area contributed by atoms with E-state index in [4.69, 9.17) is 0 Å². The van der Waals surface area contributed by atoms with Gasteiger partial charge in [-0.3, -0.25) is 14.6 Å². The fraction of sp³-hybridized carbons (Fsp3) is 0.579. The van der Waals surface area contributed by atoms with E-state index in [0.717, 1.165) is 61.7 Å². The normalized spacial score (nSPS) is 20.4. The molecule has 0 atom stereocenters. The molecular formula is C19H27N5O. The van der Waals surface area contributed by atoms with Crippen molar-refractivity contribution in [2.75, 3.05) is 39.3 Å². The van der Waals surface area contributed by atoms with Crippen LogP contribution >= 0.6 is 0 Å². The van der Waals surface area contributed by atoms with Crippen LogP contribution in [0.5, 0.6) is 0 Å². The quantitative estimate of drug-likeness (QED) is 0.924. The van der Waals surface area contributed by atoms with E-state index >= 15 is 0 Å². The number of nitrogens with zero attached hydrogens (tertiary/aromatic N) is 4. The highest BCUT2D eigenvalue weighted by Gasteiger charge is 2.36. The summed E-state index contributed by atoms with van der Waals surface area (Å²) >= 11 is 0. The van der Waals surface area contributed by atoms with Gasteiger partial charge < -0.3 is 9.88 Å². The van der Waals surface area contributed by atoms with Gasteiger partial charge >= 0.3 is 0 Å². The number of piperazine rings is 1. The second kappa shape index (κ2) is 6.42. The number of nitrogens with one attached hydrogen (secondary N) is 1. The number of aromatic amines is 1. The van der Waals surface area contributed by atoms with Gasteiger partial charge in [-0.1, -0.05) is 0 Å². The zero-order chi connectivity index (χ0) is 17.6. The third kappa shape index (κ3) is 3.16. The molecule has 6 nitrogen and oxygen atoms in total. The minimum atomic E-state index is 0.131. The van der Waals surface area contributed by atoms with Crippen LogP contribution in [0.2, 0.25) is 0 Å². The Hall–Kier alpha value is -1.92. The number of carbonyl (C=O) groups excluding carboxylic acids is 1. The van der Waals surface area contributed by atoms with Crippen LogP contribution in [-0.2, 0) is 0 Å². The summed E-state index contributed by atoms with van der Waals surface area (Å²) < 4.78 is 0. The molecule has 0 bridgehead atoms. The van der Waals surface area contributed by atoms with E-state index in [1.54, 1.807) is 0 Å². The molecule has 2 saturated heterocycles. The fourth-order valence-electron chi connectivity index (χ4n) is 3.92. The van der Waals surface area contributed by atoms with Crippen LogP contribution in [0.4, 0.5) is 0 Å². The molecule has 6 heteroatoms. The van der Waals surface area contributed by atoms with Crippen molar-refractivity contribution < 1.29 is 4.79 Å². The molecule has 2 aliphatic heterocycles. The number of fused-ring (bicyclic) bond motifs is 1. The average molecular weight is 341 g/mol. The van der Waals surface area contributed by atoms with Gasteiger partial charge in [-0.2, -0.15) is 0 Å². The number of aryl methyl sites for hydroxylation is 1. The maximum Gasteiger partial charge on any atom is 0.254 e. The molecule has 134 valence electrons. The molecule has 2 aliphatic rings. The first-order valence-electron chi connectivity index (χ1n) is 9.25. The minimum absolute atomic E-state index is 0.131. The molecule has 1 N–H and O–H groups in total. The summed E-state index contributed by atoms with van der Waals surface area (Å²) in [6.07, 6.45) is 0. The van der Waals surface area contributed by atoms with Crippen LogP contribution in [0.25, 0.3) is 11.0 Å². The zero-order valence-electron chi connectivity index (χ0n) is 15.3. The number of benzene rings is 1. The highest BCUT2D eigenvalue weighted by molar-refractivity contribution is 5.97. The molecule has 25 heavy (non-hydrogen) atoms. The summed E-state index contributed by atoms with van der Waals surface area (Å²) in [5.74, 6) is 1.01. The molecule has 2 aromatic rings. The highest BCUT2D eigenvalue weighted by Crippen LogP contribution is 2.21. The van der Waals surface area contributed by atoms with Gasteiger partial charge in [0.15, 0.2) is 0 Å². The van der Waals surface area contributed by atoms with Gasteiger partial charge in [0.25, 0.3) is 5.91 Å². The van der Waals surface area contributed by atoms with Gasteiger partial charge in [0, 0.05) is 56.9 Å². The van der Waals surface area contributed by atoms with Crippen molar-refractivity contribution in [3.63, 3.8) is 0 Å². The molecule has 1 aromatic heterocycles. The molecule has 0 unspecified atom stereocenters. The Labute approximate surface area is 148 Å². The highest BCUT2D eigenvalue weighted by atomic mass is 16.2. The van der Waals surface area contributed by atoms with Gasteiger partial charge in [-0.25, -0.2) is 4.98 Å². The lowest BCUT2D eigenvalue weighted by atomic mass is 10.0. The molecule has 3 heterocycles. The second-order valence-electron chi connectivity index (χ2n) is 7.58. The first-order chi connectivity index (χ1) is 12.0. The number of aromatic nitrogens is 2. The first-order valence-corrected chi connectivity index (χ1v) is 9.25. The van der Waals surface area contributed by atoms with Gasteiger partial charge in [-0.15, -0.1) is 0 Å². The number of amides is 1. The number of hydrogen-bond acceptors (Lipinski definition) is 4. The Kier molecular flexibility index (Phi) is 4.25. The van der Waals surface area contributed by atoms with E-state index in [-0.39, 0.29) is 5.91 Å². The van der Waals surface area contributed by atoms with Crippen molar-refractivity contribution in [3.8, 4) is 0 Å². The number of H-pyrrole nitrogens is 1. The Morgan fingerprint density at radius 3 is 2.60 bits per heavy atom. The molecule has 0 aliphatic carbocycles. The number of rotatable bonds is 3. The van der Waals surface area contributed by atoms with Crippen molar-refractivity contribution in [2.24, 2.45) is 0 Å². The lowest BCUT2D eigenvalue weighted by Crippen LogP contribution is -2.64. The zero-order valence-corrected chi connectivity index (χ0v) is 15.3. The Morgan fingerprint density at radius 1 is 1.20 bits per heavy atom. The summed E-state index contributed by atoms with van der Waals surface area (Å²) in [5.41, 5.74) is 2.60. The Bertz CT molecular complexity index is 769. The molecule has 1 amide bonds. The fourth-order valence-corrected chi connectivity index (χ4v) is 3.92. The van der Waals surface area contributed by atoms with E-state index in [0.29, 0.717) is 12.1 Å². The molecule has 2 fully saturated rings. The van der Waals surface area contributed by atoms with E-state index in [1.807, 2.05) is 30.0 Å². The summed E-state index contributed by atoms with van der Waals surface area (Å²) in [7, 11) is 0. The molecule has 1 aromatic carbocycles. The Morgan fingerprint density at radius 2 is 1.92 bits per heavy atom. The first kappa shape index (κ1) is 16.5. The summed E-state index contributed by atoms with van der Waals surface area (Å²) in [5, 5.41) is 0. The van der Waals surface area contributed by atoms with Crippen LogP contribution in [-0.4, -0.2) is 81.9 Å². The van der Waals surface area contributed by atoms with Crippen molar-refractivity contribution in [3.05, 3.63) is 29.6 Å². The standard InChI is InChI=1S/C19H27N5O/c1-13(2)22-6-8-23(9-7-22)16-11-24(12-16)19(25)15-4-5-17-18(10-15)21-14(3)20-17/h4-5,10,13,16H,6-9,11-12H2,1-3H3,(H,20,21). The smallest absolute Gasteiger partial charge is 0.254 e. The number of hydrogen-bond donors (Lipinski definition) is 1.